The minimum Gasteiger partial charge on any atom is -0.397 e. The highest BCUT2D eigenvalue weighted by atomic mass is 35.5. The Morgan fingerprint density at radius 1 is 1.04 bits per heavy atom. The number of rotatable bonds is 1. The third-order valence-electron chi connectivity index (χ3n) is 6.49. The number of halogens is 1. The number of carbonyl (C=O) groups is 2. The van der Waals surface area contributed by atoms with Gasteiger partial charge in [0.15, 0.2) is 0 Å². The molecule has 0 saturated carbocycles. The van der Waals surface area contributed by atoms with Crippen LogP contribution in [-0.2, 0) is 0 Å². The lowest BCUT2D eigenvalue weighted by Crippen LogP contribution is -2.54. The average molecular weight is 370 g/mol. The van der Waals surface area contributed by atoms with E-state index < -0.39 is 0 Å². The molecule has 0 aromatic heterocycles. The van der Waals surface area contributed by atoms with E-state index in [0.717, 1.165) is 25.7 Å². The molecule has 2 amide bonds. The minimum atomic E-state index is -0.241. The Morgan fingerprint density at radius 2 is 1.69 bits per heavy atom. The minimum absolute atomic E-state index is 0.0524. The number of hydrogen-bond acceptors (Lipinski definition) is 4. The van der Waals surface area contributed by atoms with Crippen molar-refractivity contribution in [1.29, 1.82) is 0 Å². The molecule has 2 fully saturated rings. The maximum Gasteiger partial charge on any atom is 0.261 e. The first-order chi connectivity index (χ1) is 12.5. The van der Waals surface area contributed by atoms with Crippen molar-refractivity contribution in [3.63, 3.8) is 0 Å². The molecule has 2 saturated heterocycles. The van der Waals surface area contributed by atoms with Crippen LogP contribution >= 0.6 is 11.6 Å². The second-order valence-electron chi connectivity index (χ2n) is 7.70. The van der Waals surface area contributed by atoms with Gasteiger partial charge in [0.25, 0.3) is 11.8 Å². The molecule has 5 rings (SSSR count). The summed E-state index contributed by atoms with van der Waals surface area (Å²) in [6.07, 6.45) is 3.97. The number of fused-ring (bicyclic) bond motifs is 2. The van der Waals surface area contributed by atoms with E-state index in [1.807, 2.05) is 6.07 Å². The van der Waals surface area contributed by atoms with Gasteiger partial charge in [-0.25, -0.2) is 0 Å². The van der Waals surface area contributed by atoms with Crippen LogP contribution in [0.1, 0.15) is 46.4 Å². The molecule has 0 radical (unpaired) electrons. The van der Waals surface area contributed by atoms with Crippen LogP contribution in [0.5, 0.6) is 0 Å². The summed E-state index contributed by atoms with van der Waals surface area (Å²) in [6.45, 7) is 0. The van der Waals surface area contributed by atoms with Crippen molar-refractivity contribution in [2.24, 2.45) is 0 Å². The van der Waals surface area contributed by atoms with Crippen LogP contribution in [0.25, 0.3) is 10.8 Å². The number of carbonyl (C=O) groups excluding carboxylic acids is 2. The molecule has 2 aromatic carbocycles. The molecule has 0 unspecified atom stereocenters. The van der Waals surface area contributed by atoms with Gasteiger partial charge in [0.1, 0.15) is 0 Å². The molecule has 3 aliphatic heterocycles. The summed E-state index contributed by atoms with van der Waals surface area (Å²) in [5.41, 5.74) is 7.54. The van der Waals surface area contributed by atoms with Crippen molar-refractivity contribution in [3.8, 4) is 0 Å². The predicted molar refractivity (Wildman–Crippen MR) is 101 cm³/mol. The summed E-state index contributed by atoms with van der Waals surface area (Å²) in [4.78, 5) is 30.4. The molecular formula is C20H20ClN3O2. The van der Waals surface area contributed by atoms with E-state index in [0.29, 0.717) is 44.7 Å². The lowest BCUT2D eigenvalue weighted by Gasteiger charge is -2.42. The number of piperidine rings is 1. The third kappa shape index (κ3) is 2.01. The van der Waals surface area contributed by atoms with E-state index >= 15 is 0 Å². The van der Waals surface area contributed by atoms with Gasteiger partial charge in [-0.05, 0) is 44.9 Å². The number of hydrogen-bond donors (Lipinski definition) is 1. The van der Waals surface area contributed by atoms with Crippen LogP contribution in [0.15, 0.2) is 24.3 Å². The summed E-state index contributed by atoms with van der Waals surface area (Å²) in [6, 6.07) is 7.87. The third-order valence-corrected chi connectivity index (χ3v) is 6.80. The quantitative estimate of drug-likeness (QED) is 0.618. The lowest BCUT2D eigenvalue weighted by atomic mass is 9.89. The zero-order chi connectivity index (χ0) is 18.2. The highest BCUT2D eigenvalue weighted by Gasteiger charge is 2.45. The van der Waals surface area contributed by atoms with Gasteiger partial charge in [-0.1, -0.05) is 23.7 Å². The molecule has 134 valence electrons. The van der Waals surface area contributed by atoms with Gasteiger partial charge in [-0.15, -0.1) is 0 Å². The Hall–Kier alpha value is -2.11. The van der Waals surface area contributed by atoms with Crippen LogP contribution < -0.4 is 5.73 Å². The Balaban J connectivity index is 1.64. The molecule has 3 heterocycles. The van der Waals surface area contributed by atoms with Crippen molar-refractivity contribution in [2.45, 2.75) is 43.8 Å². The van der Waals surface area contributed by atoms with Crippen molar-refractivity contribution < 1.29 is 9.59 Å². The molecule has 26 heavy (non-hydrogen) atoms. The first kappa shape index (κ1) is 16.1. The van der Waals surface area contributed by atoms with Crippen molar-refractivity contribution in [2.75, 3.05) is 12.8 Å². The fourth-order valence-electron chi connectivity index (χ4n) is 5.10. The summed E-state index contributed by atoms with van der Waals surface area (Å²) >= 11 is 6.27. The Bertz CT molecular complexity index is 959. The van der Waals surface area contributed by atoms with E-state index in [9.17, 15) is 9.59 Å². The molecule has 0 aliphatic carbocycles. The molecule has 2 aromatic rings. The number of anilines is 1. The van der Waals surface area contributed by atoms with Gasteiger partial charge >= 0.3 is 0 Å². The lowest BCUT2D eigenvalue weighted by molar-refractivity contribution is 0.0397. The summed E-state index contributed by atoms with van der Waals surface area (Å²) < 4.78 is 0. The number of amides is 2. The fourth-order valence-corrected chi connectivity index (χ4v) is 5.31. The van der Waals surface area contributed by atoms with Crippen LogP contribution in [0.4, 0.5) is 5.69 Å². The molecule has 3 atom stereocenters. The number of benzene rings is 2. The molecule has 2 bridgehead atoms. The summed E-state index contributed by atoms with van der Waals surface area (Å²) in [5.74, 6) is -0.446. The Morgan fingerprint density at radius 3 is 2.38 bits per heavy atom. The van der Waals surface area contributed by atoms with Gasteiger partial charge in [-0.2, -0.15) is 0 Å². The van der Waals surface area contributed by atoms with Crippen molar-refractivity contribution in [3.05, 3.63) is 40.4 Å². The fraction of sp³-hybridized carbons (Fsp3) is 0.400. The smallest absolute Gasteiger partial charge is 0.261 e. The number of nitrogen functional groups attached to an aromatic ring is 1. The summed E-state index contributed by atoms with van der Waals surface area (Å²) in [5, 5.41) is 1.67. The second-order valence-corrected chi connectivity index (χ2v) is 8.11. The zero-order valence-corrected chi connectivity index (χ0v) is 15.3. The van der Waals surface area contributed by atoms with Crippen LogP contribution in [0.3, 0.4) is 0 Å². The number of nitrogens with zero attached hydrogens (tertiary/aromatic N) is 2. The molecule has 2 N–H and O–H groups in total. The SMILES string of the molecule is CN1[C@@H]2CC[C@H]1C[C@H](N1C(=O)c3cccc4c(N)c(Cl)cc(c34)C1=O)C2. The Labute approximate surface area is 156 Å². The monoisotopic (exact) mass is 369 g/mol. The van der Waals surface area contributed by atoms with Gasteiger partial charge in [0.2, 0.25) is 0 Å². The van der Waals surface area contributed by atoms with E-state index in [2.05, 4.69) is 11.9 Å². The first-order valence-electron chi connectivity index (χ1n) is 9.08. The number of imide groups is 1. The summed E-state index contributed by atoms with van der Waals surface area (Å²) in [7, 11) is 2.15. The van der Waals surface area contributed by atoms with E-state index in [-0.39, 0.29) is 17.9 Å². The van der Waals surface area contributed by atoms with E-state index in [1.165, 1.54) is 4.90 Å². The second kappa shape index (κ2) is 5.44. The maximum absolute atomic E-state index is 13.3. The van der Waals surface area contributed by atoms with E-state index in [1.54, 1.807) is 18.2 Å². The molecule has 5 nitrogen and oxygen atoms in total. The van der Waals surface area contributed by atoms with Crippen LogP contribution in [0, 0.1) is 0 Å². The van der Waals surface area contributed by atoms with Crippen LogP contribution in [0.2, 0.25) is 5.02 Å². The molecule has 0 spiro atoms. The maximum atomic E-state index is 13.3. The zero-order valence-electron chi connectivity index (χ0n) is 14.5. The standard InChI is InChI=1S/C20H20ClN3O2/c1-23-10-5-6-11(23)8-12(7-10)24-19(25)14-4-2-3-13-17(14)15(20(24)26)9-16(21)18(13)22/h2-4,9-12H,5-8,22H2,1H3/t10-,11+,12-. The molecule has 6 heteroatoms. The van der Waals surface area contributed by atoms with Gasteiger partial charge < -0.3 is 10.6 Å². The van der Waals surface area contributed by atoms with Gasteiger partial charge in [-0.3, -0.25) is 14.5 Å². The molecule has 3 aliphatic rings. The highest BCUT2D eigenvalue weighted by molar-refractivity contribution is 6.37. The molecular weight excluding hydrogens is 350 g/mol. The van der Waals surface area contributed by atoms with Crippen molar-refractivity contribution in [1.82, 2.24) is 9.80 Å². The van der Waals surface area contributed by atoms with E-state index in [4.69, 9.17) is 17.3 Å². The Kier molecular flexibility index (Phi) is 3.37. The first-order valence-corrected chi connectivity index (χ1v) is 9.45. The topological polar surface area (TPSA) is 66.6 Å². The number of nitrogens with two attached hydrogens (primary N) is 1. The van der Waals surface area contributed by atoms with Gasteiger partial charge in [0.05, 0.1) is 16.3 Å². The predicted octanol–water partition coefficient (Wildman–Crippen LogP) is 3.30. The average Bonchev–Trinajstić information content (AvgIpc) is 2.83. The highest BCUT2D eigenvalue weighted by Crippen LogP contribution is 2.41. The van der Waals surface area contributed by atoms with Gasteiger partial charge in [0, 0.05) is 34.5 Å². The van der Waals surface area contributed by atoms with Crippen LogP contribution in [-0.4, -0.2) is 46.8 Å². The normalized spacial score (nSPS) is 28.2. The largest absolute Gasteiger partial charge is 0.397 e. The van der Waals surface area contributed by atoms with Crippen molar-refractivity contribution >= 4 is 39.9 Å².